The van der Waals surface area contributed by atoms with Crippen molar-refractivity contribution < 1.29 is 14.7 Å². The number of aryl methyl sites for hydroxylation is 1. The minimum absolute atomic E-state index is 0.165. The summed E-state index contributed by atoms with van der Waals surface area (Å²) in [6.07, 6.45) is 3.70. The molecule has 1 aliphatic heterocycles. The van der Waals surface area contributed by atoms with E-state index >= 15 is 0 Å². The van der Waals surface area contributed by atoms with Crippen LogP contribution in [0.4, 0.5) is 5.69 Å². The number of aromatic nitrogens is 2. The Morgan fingerprint density at radius 1 is 1.39 bits per heavy atom. The molecule has 23 heavy (non-hydrogen) atoms. The summed E-state index contributed by atoms with van der Waals surface area (Å²) >= 11 is 0. The Morgan fingerprint density at radius 2 is 2.17 bits per heavy atom. The van der Waals surface area contributed by atoms with Crippen LogP contribution in [0, 0.1) is 6.92 Å². The van der Waals surface area contributed by atoms with Gasteiger partial charge in [-0.3, -0.25) is 9.48 Å². The van der Waals surface area contributed by atoms with Crippen molar-refractivity contribution in [1.82, 2.24) is 9.78 Å². The van der Waals surface area contributed by atoms with Gasteiger partial charge in [-0.2, -0.15) is 15.2 Å². The number of hydrazone groups is 1. The summed E-state index contributed by atoms with van der Waals surface area (Å²) < 4.78 is 1.77. The fourth-order valence-corrected chi connectivity index (χ4v) is 2.55. The number of rotatable bonds is 4. The lowest BCUT2D eigenvalue weighted by Crippen LogP contribution is -2.21. The maximum absolute atomic E-state index is 12.3. The molecule has 1 N–H and O–H groups in total. The van der Waals surface area contributed by atoms with Gasteiger partial charge in [-0.15, -0.1) is 0 Å². The van der Waals surface area contributed by atoms with Crippen molar-refractivity contribution in [2.45, 2.75) is 26.8 Å². The summed E-state index contributed by atoms with van der Waals surface area (Å²) in [4.78, 5) is 23.5. The highest BCUT2D eigenvalue weighted by Crippen LogP contribution is 2.28. The minimum Gasteiger partial charge on any atom is -0.478 e. The van der Waals surface area contributed by atoms with E-state index in [1.807, 2.05) is 13.1 Å². The van der Waals surface area contributed by atoms with E-state index in [-0.39, 0.29) is 17.9 Å². The lowest BCUT2D eigenvalue weighted by atomic mass is 10.1. The van der Waals surface area contributed by atoms with Gasteiger partial charge in [0.15, 0.2) is 0 Å². The van der Waals surface area contributed by atoms with E-state index in [0.717, 1.165) is 12.1 Å². The second-order valence-electron chi connectivity index (χ2n) is 5.27. The number of aromatic carboxylic acids is 1. The van der Waals surface area contributed by atoms with E-state index in [4.69, 9.17) is 0 Å². The molecule has 0 aliphatic carbocycles. The molecule has 0 bridgehead atoms. The number of carbonyl (C=O) groups excluding carboxylic acids is 1. The number of benzene rings is 1. The van der Waals surface area contributed by atoms with Crippen molar-refractivity contribution in [3.05, 3.63) is 47.3 Å². The van der Waals surface area contributed by atoms with Crippen LogP contribution in [0.15, 0.2) is 35.7 Å². The Bertz CT molecular complexity index is 822. The molecular formula is C16H16N4O3. The van der Waals surface area contributed by atoms with Crippen LogP contribution in [0.3, 0.4) is 0 Å². The zero-order valence-electron chi connectivity index (χ0n) is 12.9. The second-order valence-corrected chi connectivity index (χ2v) is 5.27. The van der Waals surface area contributed by atoms with E-state index in [1.54, 1.807) is 29.9 Å². The highest BCUT2D eigenvalue weighted by molar-refractivity contribution is 6.19. The number of amides is 1. The molecule has 0 radical (unpaired) electrons. The zero-order chi connectivity index (χ0) is 16.6. The van der Waals surface area contributed by atoms with E-state index in [9.17, 15) is 14.7 Å². The van der Waals surface area contributed by atoms with Gasteiger partial charge in [-0.1, -0.05) is 6.07 Å². The molecule has 7 heteroatoms. The minimum atomic E-state index is -1.02. The van der Waals surface area contributed by atoms with Gasteiger partial charge in [0.2, 0.25) is 0 Å². The lowest BCUT2D eigenvalue weighted by molar-refractivity contribution is -0.116. The van der Waals surface area contributed by atoms with Crippen LogP contribution in [0.25, 0.3) is 0 Å². The van der Waals surface area contributed by atoms with Gasteiger partial charge in [0.05, 0.1) is 29.6 Å². The van der Waals surface area contributed by atoms with Gasteiger partial charge in [-0.25, -0.2) is 4.79 Å². The molecule has 0 unspecified atom stereocenters. The molecule has 7 nitrogen and oxygen atoms in total. The number of carbonyl (C=O) groups is 2. The number of anilines is 1. The van der Waals surface area contributed by atoms with E-state index in [0.29, 0.717) is 17.0 Å². The third-order valence-corrected chi connectivity index (χ3v) is 3.83. The van der Waals surface area contributed by atoms with Gasteiger partial charge >= 0.3 is 5.97 Å². The van der Waals surface area contributed by atoms with Crippen LogP contribution < -0.4 is 5.01 Å². The molecule has 2 heterocycles. The van der Waals surface area contributed by atoms with Crippen molar-refractivity contribution in [2.24, 2.45) is 5.10 Å². The van der Waals surface area contributed by atoms with Gasteiger partial charge in [0.25, 0.3) is 5.91 Å². The highest BCUT2D eigenvalue weighted by Gasteiger charge is 2.28. The Kier molecular flexibility index (Phi) is 3.69. The number of nitrogens with zero attached hydrogens (tertiary/aromatic N) is 4. The quantitative estimate of drug-likeness (QED) is 0.936. The first-order chi connectivity index (χ1) is 11.0. The summed E-state index contributed by atoms with van der Waals surface area (Å²) in [5, 5.41) is 19.0. The molecule has 1 aromatic heterocycles. The average Bonchev–Trinajstić information content (AvgIpc) is 3.13. The van der Waals surface area contributed by atoms with Crippen molar-refractivity contribution in [3.63, 3.8) is 0 Å². The molecule has 0 saturated carbocycles. The smallest absolute Gasteiger partial charge is 0.336 e. The summed E-state index contributed by atoms with van der Waals surface area (Å²) in [6, 6.07) is 4.82. The van der Waals surface area contributed by atoms with Gasteiger partial charge in [0.1, 0.15) is 0 Å². The van der Waals surface area contributed by atoms with E-state index in [1.165, 1.54) is 11.1 Å². The normalized spacial score (nSPS) is 14.3. The molecule has 1 aromatic carbocycles. The first kappa shape index (κ1) is 15.0. The Morgan fingerprint density at radius 3 is 2.83 bits per heavy atom. The molecule has 1 amide bonds. The highest BCUT2D eigenvalue weighted by atomic mass is 16.4. The molecule has 1 aliphatic rings. The fraction of sp³-hybridized carbons (Fsp3) is 0.250. The predicted molar refractivity (Wildman–Crippen MR) is 84.7 cm³/mol. The average molecular weight is 312 g/mol. The molecule has 0 fully saturated rings. The third kappa shape index (κ3) is 2.61. The third-order valence-electron chi connectivity index (χ3n) is 3.83. The summed E-state index contributed by atoms with van der Waals surface area (Å²) in [7, 11) is 0. The molecule has 0 spiro atoms. The number of carboxylic acid groups (broad SMARTS) is 1. The standard InChI is InChI=1S/C16H16N4O3/c1-3-19-9-11(8-17-19)13-7-15(21)20(18-13)14-6-4-5-12(10(14)2)16(22)23/h4-6,8-9H,3,7H2,1-2H3,(H,22,23). The van der Waals surface area contributed by atoms with Crippen LogP contribution in [-0.4, -0.2) is 32.5 Å². The Balaban J connectivity index is 1.99. The summed E-state index contributed by atoms with van der Waals surface area (Å²) in [6.45, 7) is 4.39. The topological polar surface area (TPSA) is 87.8 Å². The molecule has 2 aromatic rings. The van der Waals surface area contributed by atoms with Crippen molar-refractivity contribution in [2.75, 3.05) is 5.01 Å². The maximum atomic E-state index is 12.3. The van der Waals surface area contributed by atoms with Crippen molar-refractivity contribution in [1.29, 1.82) is 0 Å². The summed E-state index contributed by atoms with van der Waals surface area (Å²) in [5.74, 6) is -1.21. The van der Waals surface area contributed by atoms with Crippen molar-refractivity contribution in [3.8, 4) is 0 Å². The molecule has 0 atom stereocenters. The van der Waals surface area contributed by atoms with Crippen LogP contribution in [0.5, 0.6) is 0 Å². The maximum Gasteiger partial charge on any atom is 0.336 e. The molecular weight excluding hydrogens is 296 g/mol. The van der Waals surface area contributed by atoms with Gasteiger partial charge < -0.3 is 5.11 Å². The Hall–Kier alpha value is -2.96. The van der Waals surface area contributed by atoms with E-state index in [2.05, 4.69) is 10.2 Å². The SMILES string of the molecule is CCn1cc(C2=NN(c3cccc(C(=O)O)c3C)C(=O)C2)cn1. The zero-order valence-corrected chi connectivity index (χ0v) is 12.9. The van der Waals surface area contributed by atoms with Crippen LogP contribution in [-0.2, 0) is 11.3 Å². The van der Waals surface area contributed by atoms with Gasteiger partial charge in [0, 0.05) is 18.3 Å². The Labute approximate surface area is 132 Å². The molecule has 0 saturated heterocycles. The largest absolute Gasteiger partial charge is 0.478 e. The first-order valence-electron chi connectivity index (χ1n) is 7.27. The predicted octanol–water partition coefficient (Wildman–Crippen LogP) is 2.05. The van der Waals surface area contributed by atoms with Gasteiger partial charge in [-0.05, 0) is 31.5 Å². The molecule has 118 valence electrons. The second kappa shape index (κ2) is 5.68. The lowest BCUT2D eigenvalue weighted by Gasteiger charge is -2.15. The summed E-state index contributed by atoms with van der Waals surface area (Å²) in [5.41, 5.74) is 2.61. The monoisotopic (exact) mass is 312 g/mol. The first-order valence-corrected chi connectivity index (χ1v) is 7.27. The molecule has 3 rings (SSSR count). The van der Waals surface area contributed by atoms with E-state index < -0.39 is 5.97 Å². The number of hydrogen-bond donors (Lipinski definition) is 1. The number of hydrogen-bond acceptors (Lipinski definition) is 4. The van der Waals surface area contributed by atoms with Crippen molar-refractivity contribution >= 4 is 23.3 Å². The number of carboxylic acids is 1. The van der Waals surface area contributed by atoms with Crippen LogP contribution >= 0.6 is 0 Å². The van der Waals surface area contributed by atoms with Crippen LogP contribution in [0.2, 0.25) is 0 Å². The van der Waals surface area contributed by atoms with Crippen LogP contribution in [0.1, 0.15) is 34.8 Å². The fourth-order valence-electron chi connectivity index (χ4n) is 2.55.